The molecule has 4 heteroatoms. The second-order valence-electron chi connectivity index (χ2n) is 3.55. The predicted octanol–water partition coefficient (Wildman–Crippen LogP) is 3.29. The van der Waals surface area contributed by atoms with Gasteiger partial charge in [0.25, 0.3) is 0 Å². The summed E-state index contributed by atoms with van der Waals surface area (Å²) < 4.78 is 5.18. The average Bonchev–Trinajstić information content (AvgIpc) is 2.40. The second kappa shape index (κ2) is 5.56. The first-order valence-electron chi connectivity index (χ1n) is 5.52. The van der Waals surface area contributed by atoms with E-state index in [4.69, 9.17) is 9.68 Å². The van der Waals surface area contributed by atoms with Crippen molar-refractivity contribution in [3.63, 3.8) is 0 Å². The quantitative estimate of drug-likeness (QED) is 0.792. The summed E-state index contributed by atoms with van der Waals surface area (Å²) >= 11 is 1.47. The molecule has 0 fully saturated rings. The molecule has 0 aliphatic carbocycles. The van der Waals surface area contributed by atoms with Gasteiger partial charge in [0.05, 0.1) is 0 Å². The molecular formula is C14H11NO2S. The Labute approximate surface area is 109 Å². The first kappa shape index (κ1) is 12.5. The molecule has 1 aromatic heterocycles. The summed E-state index contributed by atoms with van der Waals surface area (Å²) in [4.78, 5) is 12.4. The van der Waals surface area contributed by atoms with Gasteiger partial charge in [0.1, 0.15) is 11.8 Å². The molecule has 0 bridgehead atoms. The van der Waals surface area contributed by atoms with Crippen LogP contribution < -0.4 is 5.63 Å². The summed E-state index contributed by atoms with van der Waals surface area (Å²) in [6.07, 6.45) is 0. The van der Waals surface area contributed by atoms with Crippen molar-refractivity contribution in [1.29, 1.82) is 5.26 Å². The minimum Gasteiger partial charge on any atom is -0.422 e. The number of hydrogen-bond acceptors (Lipinski definition) is 4. The van der Waals surface area contributed by atoms with Crippen LogP contribution in [-0.2, 0) is 0 Å². The van der Waals surface area contributed by atoms with Crippen LogP contribution in [0.1, 0.15) is 12.5 Å². The average molecular weight is 257 g/mol. The Hall–Kier alpha value is -1.99. The Morgan fingerprint density at radius 1 is 1.33 bits per heavy atom. The summed E-state index contributed by atoms with van der Waals surface area (Å²) in [6, 6.07) is 13.0. The van der Waals surface area contributed by atoms with Gasteiger partial charge in [-0.3, -0.25) is 0 Å². The van der Waals surface area contributed by atoms with Crippen LogP contribution in [0.3, 0.4) is 0 Å². The lowest BCUT2D eigenvalue weighted by Crippen LogP contribution is -2.06. The van der Waals surface area contributed by atoms with E-state index in [1.54, 1.807) is 6.07 Å². The van der Waals surface area contributed by atoms with Crippen LogP contribution >= 0.6 is 11.8 Å². The van der Waals surface area contributed by atoms with Crippen LogP contribution in [0.5, 0.6) is 0 Å². The standard InChI is InChI=1S/C14H11NO2S/c1-2-18-13-8-12(10-6-4-3-5-7-10)17-14(16)11(13)9-15/h3-8H,2H2,1H3. The van der Waals surface area contributed by atoms with Gasteiger partial charge in [-0.15, -0.1) is 11.8 Å². The molecule has 0 aliphatic heterocycles. The number of hydrogen-bond donors (Lipinski definition) is 0. The van der Waals surface area contributed by atoms with Crippen molar-refractivity contribution in [3.05, 3.63) is 52.4 Å². The maximum absolute atomic E-state index is 11.7. The number of benzene rings is 1. The number of nitrogens with zero attached hydrogens (tertiary/aromatic N) is 1. The highest BCUT2D eigenvalue weighted by Crippen LogP contribution is 2.26. The lowest BCUT2D eigenvalue weighted by molar-refractivity contribution is 0.518. The van der Waals surface area contributed by atoms with Crippen molar-refractivity contribution >= 4 is 11.8 Å². The molecule has 0 aliphatic rings. The molecule has 2 rings (SSSR count). The molecule has 1 heterocycles. The number of nitriles is 1. The van der Waals surface area contributed by atoms with Crippen LogP contribution in [0.15, 0.2) is 50.5 Å². The molecule has 0 N–H and O–H groups in total. The molecule has 2 aromatic rings. The van der Waals surface area contributed by atoms with Gasteiger partial charge in [0, 0.05) is 10.5 Å². The third kappa shape index (κ3) is 2.47. The minimum absolute atomic E-state index is 0.0848. The first-order valence-corrected chi connectivity index (χ1v) is 6.51. The van der Waals surface area contributed by atoms with Crippen LogP contribution in [0.2, 0.25) is 0 Å². The zero-order valence-corrected chi connectivity index (χ0v) is 10.7. The van der Waals surface area contributed by atoms with Crippen LogP contribution in [0.25, 0.3) is 11.3 Å². The Morgan fingerprint density at radius 2 is 2.06 bits per heavy atom. The van der Waals surface area contributed by atoms with E-state index in [1.807, 2.05) is 43.3 Å². The van der Waals surface area contributed by atoms with Crippen LogP contribution in [-0.4, -0.2) is 5.75 Å². The van der Waals surface area contributed by atoms with Crippen molar-refractivity contribution in [1.82, 2.24) is 0 Å². The molecule has 0 radical (unpaired) electrons. The zero-order valence-electron chi connectivity index (χ0n) is 9.84. The predicted molar refractivity (Wildman–Crippen MR) is 71.5 cm³/mol. The molecule has 0 atom stereocenters. The van der Waals surface area contributed by atoms with Crippen molar-refractivity contribution < 1.29 is 4.42 Å². The Morgan fingerprint density at radius 3 is 2.67 bits per heavy atom. The SMILES string of the molecule is CCSc1cc(-c2ccccc2)oc(=O)c1C#N. The molecule has 18 heavy (non-hydrogen) atoms. The van der Waals surface area contributed by atoms with E-state index in [0.29, 0.717) is 10.7 Å². The Bertz CT molecular complexity index is 641. The first-order chi connectivity index (χ1) is 8.76. The van der Waals surface area contributed by atoms with Gasteiger partial charge in [-0.2, -0.15) is 5.26 Å². The maximum Gasteiger partial charge on any atom is 0.355 e. The van der Waals surface area contributed by atoms with E-state index in [2.05, 4.69) is 0 Å². The topological polar surface area (TPSA) is 54.0 Å². The van der Waals surface area contributed by atoms with Gasteiger partial charge in [-0.05, 0) is 11.8 Å². The highest BCUT2D eigenvalue weighted by Gasteiger charge is 2.12. The highest BCUT2D eigenvalue weighted by atomic mass is 32.2. The van der Waals surface area contributed by atoms with Gasteiger partial charge in [0.2, 0.25) is 0 Å². The molecule has 0 amide bonds. The fourth-order valence-corrected chi connectivity index (χ4v) is 2.36. The fraction of sp³-hybridized carbons (Fsp3) is 0.143. The Kier molecular flexibility index (Phi) is 3.85. The van der Waals surface area contributed by atoms with Gasteiger partial charge < -0.3 is 4.42 Å². The second-order valence-corrected chi connectivity index (χ2v) is 4.85. The molecule has 90 valence electrons. The van der Waals surface area contributed by atoms with Gasteiger partial charge >= 0.3 is 5.63 Å². The van der Waals surface area contributed by atoms with E-state index < -0.39 is 5.63 Å². The summed E-state index contributed by atoms with van der Waals surface area (Å²) in [7, 11) is 0. The third-order valence-corrected chi connectivity index (χ3v) is 3.31. The summed E-state index contributed by atoms with van der Waals surface area (Å²) in [5, 5.41) is 8.96. The van der Waals surface area contributed by atoms with Crippen molar-refractivity contribution in [3.8, 4) is 17.4 Å². The Balaban J connectivity index is 2.59. The normalized spacial score (nSPS) is 10.0. The highest BCUT2D eigenvalue weighted by molar-refractivity contribution is 7.99. The lowest BCUT2D eigenvalue weighted by atomic mass is 10.1. The van der Waals surface area contributed by atoms with E-state index in [9.17, 15) is 4.79 Å². The summed E-state index contributed by atoms with van der Waals surface area (Å²) in [6.45, 7) is 1.97. The van der Waals surface area contributed by atoms with E-state index in [0.717, 1.165) is 11.3 Å². The third-order valence-electron chi connectivity index (χ3n) is 2.39. The maximum atomic E-state index is 11.7. The summed E-state index contributed by atoms with van der Waals surface area (Å²) in [5.74, 6) is 1.29. The molecule has 3 nitrogen and oxygen atoms in total. The van der Waals surface area contributed by atoms with Crippen molar-refractivity contribution in [2.45, 2.75) is 11.8 Å². The molecule has 1 aromatic carbocycles. The lowest BCUT2D eigenvalue weighted by Gasteiger charge is -2.04. The van der Waals surface area contributed by atoms with Crippen molar-refractivity contribution in [2.75, 3.05) is 5.75 Å². The fourth-order valence-electron chi connectivity index (χ4n) is 1.59. The number of rotatable bonds is 3. The van der Waals surface area contributed by atoms with Crippen LogP contribution in [0, 0.1) is 11.3 Å². The van der Waals surface area contributed by atoms with Crippen LogP contribution in [0.4, 0.5) is 0 Å². The molecular weight excluding hydrogens is 246 g/mol. The number of thioether (sulfide) groups is 1. The monoisotopic (exact) mass is 257 g/mol. The van der Waals surface area contributed by atoms with Crippen molar-refractivity contribution in [2.24, 2.45) is 0 Å². The molecule has 0 unspecified atom stereocenters. The molecule has 0 spiro atoms. The largest absolute Gasteiger partial charge is 0.422 e. The van der Waals surface area contributed by atoms with E-state index in [1.165, 1.54) is 11.8 Å². The van der Waals surface area contributed by atoms with Gasteiger partial charge in [0.15, 0.2) is 5.56 Å². The molecule has 0 saturated carbocycles. The van der Waals surface area contributed by atoms with E-state index >= 15 is 0 Å². The van der Waals surface area contributed by atoms with Gasteiger partial charge in [-0.25, -0.2) is 4.79 Å². The summed E-state index contributed by atoms with van der Waals surface area (Å²) in [5.41, 5.74) is 0.341. The zero-order chi connectivity index (χ0) is 13.0. The van der Waals surface area contributed by atoms with E-state index in [-0.39, 0.29) is 5.56 Å². The minimum atomic E-state index is -0.574. The smallest absolute Gasteiger partial charge is 0.355 e. The van der Waals surface area contributed by atoms with Gasteiger partial charge in [-0.1, -0.05) is 37.3 Å². The molecule has 0 saturated heterocycles.